The molecule has 0 unspecified atom stereocenters. The van der Waals surface area contributed by atoms with Crippen LogP contribution in [-0.4, -0.2) is 35.0 Å². The minimum Gasteiger partial charge on any atom is -0.354 e. The molecule has 0 bridgehead atoms. The third-order valence-electron chi connectivity index (χ3n) is 4.94. The summed E-state index contributed by atoms with van der Waals surface area (Å²) < 4.78 is 0. The third-order valence-corrected chi connectivity index (χ3v) is 5.85. The van der Waals surface area contributed by atoms with E-state index >= 15 is 0 Å². The van der Waals surface area contributed by atoms with E-state index in [0.29, 0.717) is 4.91 Å². The minimum atomic E-state index is -0.299. The lowest BCUT2D eigenvalue weighted by Crippen LogP contribution is -2.39. The van der Waals surface area contributed by atoms with Crippen LogP contribution in [0.15, 0.2) is 29.2 Å². The lowest BCUT2D eigenvalue weighted by molar-refractivity contribution is -0.126. The maximum atomic E-state index is 12.6. The molecule has 0 spiro atoms. The average molecular weight is 403 g/mol. The predicted molar refractivity (Wildman–Crippen MR) is 115 cm³/mol. The molecule has 1 saturated heterocycles. The quantitative estimate of drug-likeness (QED) is 0.678. The molecule has 0 radical (unpaired) electrons. The number of carbonyl (C=O) groups excluding carboxylic acids is 3. The molecule has 0 atom stereocenters. The summed E-state index contributed by atoms with van der Waals surface area (Å²) in [6, 6.07) is 8.02. The van der Waals surface area contributed by atoms with Gasteiger partial charge in [0, 0.05) is 19.0 Å². The molecule has 152 valence electrons. The molecule has 1 aromatic carbocycles. The van der Waals surface area contributed by atoms with Gasteiger partial charge in [-0.3, -0.25) is 19.3 Å². The van der Waals surface area contributed by atoms with Crippen molar-refractivity contribution in [3.05, 3.63) is 40.3 Å². The van der Waals surface area contributed by atoms with E-state index < -0.39 is 0 Å². The van der Waals surface area contributed by atoms with E-state index in [1.54, 1.807) is 6.08 Å². The summed E-state index contributed by atoms with van der Waals surface area (Å²) in [7, 11) is 0. The summed E-state index contributed by atoms with van der Waals surface area (Å²) in [5, 5.41) is 2.53. The smallest absolute Gasteiger partial charge is 0.293 e. The van der Waals surface area contributed by atoms with Gasteiger partial charge in [0.1, 0.15) is 0 Å². The van der Waals surface area contributed by atoms with Gasteiger partial charge in [0.05, 0.1) is 4.91 Å². The van der Waals surface area contributed by atoms with E-state index in [4.69, 9.17) is 0 Å². The van der Waals surface area contributed by atoms with Gasteiger partial charge in [-0.2, -0.15) is 0 Å². The molecule has 6 heteroatoms. The van der Waals surface area contributed by atoms with E-state index in [1.807, 2.05) is 38.1 Å². The summed E-state index contributed by atoms with van der Waals surface area (Å²) in [5.41, 5.74) is 2.17. The lowest BCUT2D eigenvalue weighted by atomic mass is 9.87. The van der Waals surface area contributed by atoms with Crippen LogP contribution in [0, 0.1) is 5.92 Å². The highest BCUT2D eigenvalue weighted by Gasteiger charge is 2.34. The van der Waals surface area contributed by atoms with Crippen molar-refractivity contribution in [3.8, 4) is 0 Å². The molecule has 3 amide bonds. The zero-order valence-corrected chi connectivity index (χ0v) is 18.2. The molecule has 1 aliphatic heterocycles. The second kappa shape index (κ2) is 9.41. The Morgan fingerprint density at radius 2 is 1.75 bits per heavy atom. The van der Waals surface area contributed by atoms with Gasteiger partial charge in [-0.05, 0) is 47.2 Å². The van der Waals surface area contributed by atoms with Crippen molar-refractivity contribution in [2.75, 3.05) is 13.1 Å². The first kappa shape index (κ1) is 22.2. The van der Waals surface area contributed by atoms with Gasteiger partial charge in [-0.25, -0.2) is 0 Å². The summed E-state index contributed by atoms with van der Waals surface area (Å²) >= 11 is 0.946. The average Bonchev–Trinajstić information content (AvgIpc) is 2.90. The molecule has 1 aromatic rings. The Bertz CT molecular complexity index is 759. The number of nitrogens with zero attached hydrogens (tertiary/aromatic N) is 1. The van der Waals surface area contributed by atoms with Crippen molar-refractivity contribution in [1.29, 1.82) is 0 Å². The molecule has 0 saturated carbocycles. The van der Waals surface area contributed by atoms with Crippen LogP contribution < -0.4 is 5.32 Å². The van der Waals surface area contributed by atoms with Crippen molar-refractivity contribution in [3.63, 3.8) is 0 Å². The van der Waals surface area contributed by atoms with Gasteiger partial charge in [0.25, 0.3) is 11.1 Å². The van der Waals surface area contributed by atoms with Gasteiger partial charge in [0.2, 0.25) is 5.91 Å². The molecule has 2 rings (SSSR count). The Labute approximate surface area is 171 Å². The Hall–Kier alpha value is -2.08. The van der Waals surface area contributed by atoms with Crippen molar-refractivity contribution < 1.29 is 14.4 Å². The first-order valence-corrected chi connectivity index (χ1v) is 10.6. The molecule has 28 heavy (non-hydrogen) atoms. The highest BCUT2D eigenvalue weighted by Crippen LogP contribution is 2.32. The Balaban J connectivity index is 1.99. The molecular formula is C22H30N2O3S. The fourth-order valence-electron chi connectivity index (χ4n) is 3.02. The Morgan fingerprint density at radius 3 is 2.29 bits per heavy atom. The molecule has 1 fully saturated rings. The van der Waals surface area contributed by atoms with E-state index in [1.165, 1.54) is 10.5 Å². The standard InChI is InChI=1S/C22H30N2O3S/c1-6-16(7-2)19(25)23-12-13-24-20(26)18(28-21(24)27)14-15-8-10-17(11-9-15)22(3,4)5/h8-11,14,16H,6-7,12-13H2,1-5H3,(H,23,25). The fraction of sp³-hybridized carbons (Fsp3) is 0.500. The van der Waals surface area contributed by atoms with Crippen molar-refractivity contribution in [1.82, 2.24) is 10.2 Å². The minimum absolute atomic E-state index is 0.0218. The van der Waals surface area contributed by atoms with E-state index in [-0.39, 0.29) is 41.5 Å². The fourth-order valence-corrected chi connectivity index (χ4v) is 3.88. The highest BCUT2D eigenvalue weighted by molar-refractivity contribution is 8.18. The first-order valence-electron chi connectivity index (χ1n) is 9.81. The topological polar surface area (TPSA) is 66.5 Å². The largest absolute Gasteiger partial charge is 0.354 e. The van der Waals surface area contributed by atoms with Gasteiger partial charge in [0.15, 0.2) is 0 Å². The number of hydrogen-bond donors (Lipinski definition) is 1. The summed E-state index contributed by atoms with van der Waals surface area (Å²) in [4.78, 5) is 38.4. The lowest BCUT2D eigenvalue weighted by Gasteiger charge is -2.18. The number of rotatable bonds is 7. The Morgan fingerprint density at radius 1 is 1.14 bits per heavy atom. The van der Waals surface area contributed by atoms with Crippen molar-refractivity contribution >= 4 is 34.9 Å². The molecule has 0 aliphatic carbocycles. The molecule has 5 nitrogen and oxygen atoms in total. The van der Waals surface area contributed by atoms with Crippen LogP contribution in [0.2, 0.25) is 0 Å². The highest BCUT2D eigenvalue weighted by atomic mass is 32.2. The summed E-state index contributed by atoms with van der Waals surface area (Å²) in [6.07, 6.45) is 3.31. The molecule has 0 aromatic heterocycles. The van der Waals surface area contributed by atoms with Gasteiger partial charge >= 0.3 is 0 Å². The van der Waals surface area contributed by atoms with E-state index in [0.717, 1.165) is 30.2 Å². The van der Waals surface area contributed by atoms with Crippen LogP contribution in [0.3, 0.4) is 0 Å². The molecule has 1 heterocycles. The van der Waals surface area contributed by atoms with Crippen LogP contribution in [0.1, 0.15) is 58.6 Å². The van der Waals surface area contributed by atoms with Gasteiger partial charge in [-0.15, -0.1) is 0 Å². The zero-order valence-electron chi connectivity index (χ0n) is 17.4. The molecule has 1 N–H and O–H groups in total. The summed E-state index contributed by atoms with van der Waals surface area (Å²) in [5.74, 6) is -0.344. The second-order valence-electron chi connectivity index (χ2n) is 8.01. The number of thioether (sulfide) groups is 1. The number of carbonyl (C=O) groups is 3. The van der Waals surface area contributed by atoms with Gasteiger partial charge in [-0.1, -0.05) is 58.9 Å². The molecular weight excluding hydrogens is 372 g/mol. The second-order valence-corrected chi connectivity index (χ2v) is 9.00. The first-order chi connectivity index (χ1) is 13.2. The van der Waals surface area contributed by atoms with Crippen LogP contribution in [0.4, 0.5) is 4.79 Å². The van der Waals surface area contributed by atoms with Crippen molar-refractivity contribution in [2.24, 2.45) is 5.92 Å². The normalized spacial score (nSPS) is 16.4. The number of nitrogens with one attached hydrogen (secondary N) is 1. The van der Waals surface area contributed by atoms with Crippen LogP contribution in [0.25, 0.3) is 6.08 Å². The maximum Gasteiger partial charge on any atom is 0.293 e. The molecule has 1 aliphatic rings. The SMILES string of the molecule is CCC(CC)C(=O)NCCN1C(=O)SC(=Cc2ccc(C(C)(C)C)cc2)C1=O. The predicted octanol–water partition coefficient (Wildman–Crippen LogP) is 4.57. The van der Waals surface area contributed by atoms with Gasteiger partial charge < -0.3 is 5.32 Å². The number of imide groups is 1. The van der Waals surface area contributed by atoms with Crippen LogP contribution in [-0.2, 0) is 15.0 Å². The van der Waals surface area contributed by atoms with Crippen molar-refractivity contribution in [2.45, 2.75) is 52.9 Å². The Kier molecular flexibility index (Phi) is 7.47. The number of benzene rings is 1. The number of amides is 3. The maximum absolute atomic E-state index is 12.6. The van der Waals surface area contributed by atoms with E-state index in [9.17, 15) is 14.4 Å². The monoisotopic (exact) mass is 402 g/mol. The third kappa shape index (κ3) is 5.47. The summed E-state index contributed by atoms with van der Waals surface area (Å²) in [6.45, 7) is 10.9. The van der Waals surface area contributed by atoms with E-state index in [2.05, 4.69) is 26.1 Å². The number of hydrogen-bond acceptors (Lipinski definition) is 4. The van der Waals surface area contributed by atoms with Crippen LogP contribution in [0.5, 0.6) is 0 Å². The van der Waals surface area contributed by atoms with Crippen LogP contribution >= 0.6 is 11.8 Å². The zero-order chi connectivity index (χ0) is 20.9.